The van der Waals surface area contributed by atoms with Crippen molar-refractivity contribution < 1.29 is 0 Å². The van der Waals surface area contributed by atoms with Gasteiger partial charge in [-0.05, 0) is 108 Å². The maximum absolute atomic E-state index is 5.19. The van der Waals surface area contributed by atoms with Gasteiger partial charge in [0, 0.05) is 22.1 Å². The Morgan fingerprint density at radius 3 is 1.05 bits per heavy atom. The van der Waals surface area contributed by atoms with Gasteiger partial charge in [0.25, 0.3) is 13.4 Å². The van der Waals surface area contributed by atoms with Crippen LogP contribution in [0, 0.1) is 27.7 Å². The van der Waals surface area contributed by atoms with Gasteiger partial charge in [0.1, 0.15) is 23.3 Å². The summed E-state index contributed by atoms with van der Waals surface area (Å²) in [5, 5.41) is 4.88. The molecule has 0 saturated heterocycles. The van der Waals surface area contributed by atoms with Crippen LogP contribution in [0.15, 0.2) is 97.1 Å². The summed E-state index contributed by atoms with van der Waals surface area (Å²) in [4.78, 5) is 20.7. The van der Waals surface area contributed by atoms with Gasteiger partial charge in [-0.25, -0.2) is 19.9 Å². The molecule has 0 fully saturated rings. The second-order valence-corrected chi connectivity index (χ2v) is 16.3. The Morgan fingerprint density at radius 2 is 0.696 bits per heavy atom. The van der Waals surface area contributed by atoms with Crippen molar-refractivity contribution in [2.45, 2.75) is 27.7 Å². The zero-order valence-electron chi connectivity index (χ0n) is 31.0. The van der Waals surface area contributed by atoms with Crippen LogP contribution < -0.4 is 32.8 Å². The highest BCUT2D eigenvalue weighted by atomic mass is 15.1. The molecule has 7 aromatic carbocycles. The molecule has 11 aromatic rings. The molecule has 0 aliphatic carbocycles. The highest BCUT2D eigenvalue weighted by molar-refractivity contribution is 7.01. The maximum atomic E-state index is 5.19. The molecule has 0 amide bonds. The molecular weight excluding hydrogens is 686 g/mol. The molecule has 15 rings (SSSR count). The third kappa shape index (κ3) is 2.89. The highest BCUT2D eigenvalue weighted by Gasteiger charge is 2.44. The molecule has 0 atom stereocenters. The van der Waals surface area contributed by atoms with Crippen LogP contribution >= 0.6 is 0 Å². The minimum atomic E-state index is 0.0573. The monoisotopic (exact) mass is 714 g/mol. The first-order valence-corrected chi connectivity index (χ1v) is 19.5. The lowest BCUT2D eigenvalue weighted by Crippen LogP contribution is -2.59. The second-order valence-electron chi connectivity index (χ2n) is 16.3. The molecular formula is C46H28B2N8. The number of fused-ring (bicyclic) bond motifs is 13. The number of imidazole rings is 4. The number of rotatable bonds is 0. The SMILES string of the molecule is Cc1nc2cccc3c2n1-c1cc2c(ccc4c5c6c(cc42)-n2c(C)nc4cccc(c42)B6c2cccc4nc(C)n-5c24)c2c1B3c1cccc3nc(C)n-2c13. The van der Waals surface area contributed by atoms with Gasteiger partial charge in [0.2, 0.25) is 0 Å². The van der Waals surface area contributed by atoms with E-state index >= 15 is 0 Å². The molecule has 56 heavy (non-hydrogen) atoms. The summed E-state index contributed by atoms with van der Waals surface area (Å²) in [5.74, 6) is 3.99. The van der Waals surface area contributed by atoms with E-state index in [1.807, 2.05) is 0 Å². The first kappa shape index (κ1) is 28.5. The largest absolute Gasteiger partial charge is 0.297 e. The van der Waals surface area contributed by atoms with Gasteiger partial charge in [0.15, 0.2) is 0 Å². The molecule has 4 aliphatic heterocycles. The average molecular weight is 714 g/mol. The predicted octanol–water partition coefficient (Wildman–Crippen LogP) is 4.87. The van der Waals surface area contributed by atoms with Crippen molar-refractivity contribution in [1.29, 1.82) is 0 Å². The minimum absolute atomic E-state index is 0.0573. The Hall–Kier alpha value is -6.93. The quantitative estimate of drug-likeness (QED) is 0.166. The minimum Gasteiger partial charge on any atom is -0.297 e. The van der Waals surface area contributed by atoms with Crippen LogP contribution in [0.5, 0.6) is 0 Å². The van der Waals surface area contributed by atoms with Crippen LogP contribution in [0.4, 0.5) is 0 Å². The number of nitrogens with zero attached hydrogens (tertiary/aromatic N) is 8. The summed E-state index contributed by atoms with van der Waals surface area (Å²) in [6, 6.07) is 36.3. The average Bonchev–Trinajstić information content (AvgIpc) is 3.94. The lowest BCUT2D eigenvalue weighted by molar-refractivity contribution is 0.985. The van der Waals surface area contributed by atoms with E-state index in [0.717, 1.165) is 45.4 Å². The molecule has 10 heteroatoms. The topological polar surface area (TPSA) is 71.3 Å². The zero-order valence-corrected chi connectivity index (χ0v) is 31.0. The highest BCUT2D eigenvalue weighted by Crippen LogP contribution is 2.42. The molecule has 0 spiro atoms. The molecule has 0 N–H and O–H groups in total. The van der Waals surface area contributed by atoms with Gasteiger partial charge in [-0.3, -0.25) is 18.3 Å². The summed E-state index contributed by atoms with van der Waals surface area (Å²) >= 11 is 0. The van der Waals surface area contributed by atoms with Crippen LogP contribution in [0.2, 0.25) is 0 Å². The fraction of sp³-hybridized carbons (Fsp3) is 0.0870. The first-order chi connectivity index (χ1) is 27.5. The molecule has 4 aliphatic rings. The van der Waals surface area contributed by atoms with Gasteiger partial charge in [-0.2, -0.15) is 0 Å². The van der Waals surface area contributed by atoms with E-state index in [0.29, 0.717) is 0 Å². The Bertz CT molecular complexity index is 3540. The van der Waals surface area contributed by atoms with Crippen molar-refractivity contribution in [2.24, 2.45) is 0 Å². The fourth-order valence-electron chi connectivity index (χ4n) is 11.8. The van der Waals surface area contributed by atoms with E-state index in [-0.39, 0.29) is 13.4 Å². The van der Waals surface area contributed by atoms with E-state index in [9.17, 15) is 0 Å². The lowest BCUT2D eigenvalue weighted by Gasteiger charge is -2.35. The first-order valence-electron chi connectivity index (χ1n) is 19.5. The van der Waals surface area contributed by atoms with Crippen molar-refractivity contribution >= 4 is 112 Å². The van der Waals surface area contributed by atoms with Crippen molar-refractivity contribution in [3.63, 3.8) is 0 Å². The second kappa shape index (κ2) is 8.95. The van der Waals surface area contributed by atoms with Crippen molar-refractivity contribution in [3.8, 4) is 22.7 Å². The normalized spacial score (nSPS) is 14.0. The van der Waals surface area contributed by atoms with Crippen LogP contribution in [0.1, 0.15) is 23.3 Å². The molecule has 4 aromatic heterocycles. The number of hydrogen-bond donors (Lipinski definition) is 0. The fourth-order valence-corrected chi connectivity index (χ4v) is 11.8. The van der Waals surface area contributed by atoms with Crippen molar-refractivity contribution in [1.82, 2.24) is 38.2 Å². The van der Waals surface area contributed by atoms with Gasteiger partial charge in [-0.15, -0.1) is 0 Å². The Kier molecular flexibility index (Phi) is 4.56. The summed E-state index contributed by atoms with van der Waals surface area (Å²) in [6.45, 7) is 8.73. The van der Waals surface area contributed by atoms with Crippen LogP contribution in [0.3, 0.4) is 0 Å². The zero-order chi connectivity index (χ0) is 36.6. The molecule has 258 valence electrons. The van der Waals surface area contributed by atoms with Gasteiger partial charge in [0.05, 0.1) is 55.5 Å². The van der Waals surface area contributed by atoms with Crippen LogP contribution in [0.25, 0.3) is 88.4 Å². The summed E-state index contributed by atoms with van der Waals surface area (Å²) in [5.41, 5.74) is 21.6. The maximum Gasteiger partial charge on any atom is 0.252 e. The lowest BCUT2D eigenvalue weighted by atomic mass is 9.34. The predicted molar refractivity (Wildman–Crippen MR) is 228 cm³/mol. The van der Waals surface area contributed by atoms with Crippen molar-refractivity contribution in [3.05, 3.63) is 120 Å². The van der Waals surface area contributed by atoms with Crippen LogP contribution in [-0.2, 0) is 0 Å². The van der Waals surface area contributed by atoms with E-state index in [1.54, 1.807) is 0 Å². The number of aryl methyl sites for hydroxylation is 4. The van der Waals surface area contributed by atoms with Crippen molar-refractivity contribution in [2.75, 3.05) is 0 Å². The van der Waals surface area contributed by atoms with E-state index < -0.39 is 0 Å². The van der Waals surface area contributed by atoms with Gasteiger partial charge in [-0.1, -0.05) is 60.7 Å². The molecule has 0 bridgehead atoms. The summed E-state index contributed by atoms with van der Waals surface area (Å²) < 4.78 is 9.74. The summed E-state index contributed by atoms with van der Waals surface area (Å²) in [7, 11) is 0. The third-order valence-corrected chi connectivity index (χ3v) is 13.7. The Balaban J connectivity index is 1.20. The van der Waals surface area contributed by atoms with E-state index in [4.69, 9.17) is 19.9 Å². The van der Waals surface area contributed by atoms with Gasteiger partial charge >= 0.3 is 0 Å². The number of hydrogen-bond acceptors (Lipinski definition) is 4. The van der Waals surface area contributed by atoms with E-state index in [2.05, 4.69) is 143 Å². The molecule has 8 nitrogen and oxygen atoms in total. The molecule has 0 radical (unpaired) electrons. The standard InChI is InChI=1S/C46H28B2N8/c1-21-49-33-13-5-9-29-43(33)53(21)37-19-27-25(41-39(37)47(29)31-11-7-15-35-45(31)55(41)23(3)51-35)17-18-26-28(27)20-38-40-42(26)56-24(4)52-36-16-8-12-32(46(36)56)48(40)30-10-6-14-34-44(30)54(38)22(2)50-34/h5-20H,1-4H3. The number of para-hydroxylation sites is 4. The van der Waals surface area contributed by atoms with E-state index in [1.165, 1.54) is 99.1 Å². The number of benzene rings is 7. The number of aromatic nitrogens is 8. The Labute approximate surface area is 319 Å². The third-order valence-electron chi connectivity index (χ3n) is 13.7. The van der Waals surface area contributed by atoms with Crippen LogP contribution in [-0.4, -0.2) is 51.6 Å². The molecule has 8 heterocycles. The molecule has 0 saturated carbocycles. The molecule has 0 unspecified atom stereocenters. The van der Waals surface area contributed by atoms with Gasteiger partial charge < -0.3 is 0 Å². The summed E-state index contributed by atoms with van der Waals surface area (Å²) in [6.07, 6.45) is 0. The Morgan fingerprint density at radius 1 is 0.375 bits per heavy atom. The smallest absolute Gasteiger partial charge is 0.252 e.